The van der Waals surface area contributed by atoms with Crippen LogP contribution in [-0.4, -0.2) is 15.9 Å². The smallest absolute Gasteiger partial charge is 0.257 e. The quantitative estimate of drug-likeness (QED) is 0.661. The van der Waals surface area contributed by atoms with Gasteiger partial charge in [0.2, 0.25) is 5.28 Å². The van der Waals surface area contributed by atoms with E-state index in [1.165, 1.54) is 6.07 Å². The first-order valence-corrected chi connectivity index (χ1v) is 7.14. The summed E-state index contributed by atoms with van der Waals surface area (Å²) in [5.74, 6) is 0.0140. The first-order chi connectivity index (χ1) is 9.77. The number of rotatable bonds is 2. The molecule has 6 heteroatoms. The van der Waals surface area contributed by atoms with Crippen LogP contribution in [0.5, 0.6) is 0 Å². The number of halogens is 2. The number of aromatic nitrogens is 2. The number of hydrogen-bond acceptors (Lipinski definition) is 3. The van der Waals surface area contributed by atoms with Crippen molar-refractivity contribution in [3.63, 3.8) is 0 Å². The molecular formula is C15H15Cl2N3O. The van der Waals surface area contributed by atoms with E-state index in [0.717, 1.165) is 5.56 Å². The van der Waals surface area contributed by atoms with Crippen LogP contribution in [0.3, 0.4) is 0 Å². The van der Waals surface area contributed by atoms with Gasteiger partial charge in [0, 0.05) is 11.6 Å². The lowest BCUT2D eigenvalue weighted by atomic mass is 9.83. The average molecular weight is 324 g/mol. The third kappa shape index (κ3) is 3.93. The lowest BCUT2D eigenvalue weighted by molar-refractivity contribution is 0.102. The number of nitrogens with one attached hydrogen (secondary N) is 1. The second-order valence-corrected chi connectivity index (χ2v) is 6.32. The van der Waals surface area contributed by atoms with Gasteiger partial charge in [0.25, 0.3) is 5.91 Å². The summed E-state index contributed by atoms with van der Waals surface area (Å²) < 4.78 is 0. The molecule has 1 amide bonds. The molecule has 2 rings (SSSR count). The molecule has 1 N–H and O–H groups in total. The number of benzene rings is 1. The predicted octanol–water partition coefficient (Wildman–Crippen LogP) is 4.33. The number of amides is 1. The molecule has 0 saturated heterocycles. The topological polar surface area (TPSA) is 54.9 Å². The van der Waals surface area contributed by atoms with Gasteiger partial charge in [-0.05, 0) is 28.6 Å². The van der Waals surface area contributed by atoms with Crippen molar-refractivity contribution in [3.8, 4) is 0 Å². The van der Waals surface area contributed by atoms with Gasteiger partial charge in [-0.3, -0.25) is 4.79 Å². The van der Waals surface area contributed by atoms with Gasteiger partial charge in [0.05, 0.1) is 0 Å². The van der Waals surface area contributed by atoms with Gasteiger partial charge < -0.3 is 5.32 Å². The Morgan fingerprint density at radius 1 is 1.14 bits per heavy atom. The van der Waals surface area contributed by atoms with Gasteiger partial charge in [-0.25, -0.2) is 9.97 Å². The second kappa shape index (κ2) is 6.00. The Morgan fingerprint density at radius 3 is 2.43 bits per heavy atom. The van der Waals surface area contributed by atoms with Crippen molar-refractivity contribution in [1.29, 1.82) is 0 Å². The first kappa shape index (κ1) is 15.7. The summed E-state index contributed by atoms with van der Waals surface area (Å²) in [5.41, 5.74) is 1.40. The molecule has 0 fully saturated rings. The zero-order valence-corrected chi connectivity index (χ0v) is 13.5. The fourth-order valence-corrected chi connectivity index (χ4v) is 2.38. The molecule has 0 aliphatic rings. The van der Waals surface area contributed by atoms with Gasteiger partial charge in [-0.2, -0.15) is 0 Å². The number of carbonyl (C=O) groups is 1. The molecule has 1 aromatic heterocycles. The second-order valence-electron chi connectivity index (χ2n) is 5.59. The third-order valence-electron chi connectivity index (χ3n) is 2.89. The normalized spacial score (nSPS) is 11.3. The third-order valence-corrected chi connectivity index (χ3v) is 3.25. The maximum absolute atomic E-state index is 12.4. The van der Waals surface area contributed by atoms with Gasteiger partial charge in [0.1, 0.15) is 11.0 Å². The Morgan fingerprint density at radius 2 is 1.81 bits per heavy atom. The molecule has 1 aromatic carbocycles. The molecular weight excluding hydrogens is 309 g/mol. The van der Waals surface area contributed by atoms with E-state index in [2.05, 4.69) is 36.1 Å². The summed E-state index contributed by atoms with van der Waals surface area (Å²) in [6.45, 7) is 6.16. The Bertz CT molecular complexity index is 661. The molecule has 0 atom stereocenters. The van der Waals surface area contributed by atoms with Crippen LogP contribution in [0.2, 0.25) is 10.4 Å². The van der Waals surface area contributed by atoms with Crippen molar-refractivity contribution in [2.75, 3.05) is 5.32 Å². The van der Waals surface area contributed by atoms with Crippen molar-refractivity contribution in [2.24, 2.45) is 0 Å². The van der Waals surface area contributed by atoms with Crippen LogP contribution in [0.15, 0.2) is 30.3 Å². The Labute approximate surface area is 133 Å². The largest absolute Gasteiger partial charge is 0.306 e. The van der Waals surface area contributed by atoms with Crippen LogP contribution in [0.25, 0.3) is 0 Å². The zero-order valence-electron chi connectivity index (χ0n) is 11.9. The molecule has 0 spiro atoms. The molecule has 0 unspecified atom stereocenters. The zero-order chi connectivity index (χ0) is 15.6. The van der Waals surface area contributed by atoms with Crippen molar-refractivity contribution in [3.05, 3.63) is 51.9 Å². The van der Waals surface area contributed by atoms with Crippen molar-refractivity contribution in [1.82, 2.24) is 9.97 Å². The van der Waals surface area contributed by atoms with E-state index < -0.39 is 0 Å². The summed E-state index contributed by atoms with van der Waals surface area (Å²) in [7, 11) is 0. The Balaban J connectivity index is 2.33. The molecule has 4 nitrogen and oxygen atoms in total. The molecule has 2 aromatic rings. The minimum Gasteiger partial charge on any atom is -0.306 e. The number of nitrogens with zero attached hydrogens (tertiary/aromatic N) is 2. The number of hydrogen-bond donors (Lipinski definition) is 1. The maximum atomic E-state index is 12.4. The van der Waals surface area contributed by atoms with Crippen molar-refractivity contribution >= 4 is 34.9 Å². The molecule has 0 radical (unpaired) electrons. The fourth-order valence-electron chi connectivity index (χ4n) is 1.97. The van der Waals surface area contributed by atoms with Gasteiger partial charge in [-0.1, -0.05) is 50.6 Å². The molecule has 0 saturated carbocycles. The van der Waals surface area contributed by atoms with Crippen molar-refractivity contribution in [2.45, 2.75) is 26.2 Å². The van der Waals surface area contributed by atoms with E-state index in [1.54, 1.807) is 6.07 Å². The molecule has 0 bridgehead atoms. The number of carbonyl (C=O) groups excluding carboxylic acids is 1. The van der Waals surface area contributed by atoms with E-state index in [0.29, 0.717) is 5.56 Å². The summed E-state index contributed by atoms with van der Waals surface area (Å²) in [4.78, 5) is 20.1. The summed E-state index contributed by atoms with van der Waals surface area (Å²) >= 11 is 11.5. The molecule has 0 aliphatic carbocycles. The minimum atomic E-state index is -0.258. The van der Waals surface area contributed by atoms with Crippen LogP contribution in [0.1, 0.15) is 36.7 Å². The van der Waals surface area contributed by atoms with E-state index in [-0.39, 0.29) is 27.6 Å². The highest BCUT2D eigenvalue weighted by molar-refractivity contribution is 6.32. The molecule has 1 heterocycles. The van der Waals surface area contributed by atoms with Crippen LogP contribution in [-0.2, 0) is 5.41 Å². The summed E-state index contributed by atoms with van der Waals surface area (Å²) in [6, 6.07) is 8.90. The summed E-state index contributed by atoms with van der Waals surface area (Å²) in [6.07, 6.45) is 0. The van der Waals surface area contributed by atoms with E-state index in [9.17, 15) is 4.79 Å². The highest BCUT2D eigenvalue weighted by Gasteiger charge is 2.21. The first-order valence-electron chi connectivity index (χ1n) is 6.38. The fraction of sp³-hybridized carbons (Fsp3) is 0.267. The van der Waals surface area contributed by atoms with Crippen LogP contribution in [0, 0.1) is 0 Å². The Kier molecular flexibility index (Phi) is 4.49. The van der Waals surface area contributed by atoms with Gasteiger partial charge in [0.15, 0.2) is 0 Å². The van der Waals surface area contributed by atoms with Crippen LogP contribution < -0.4 is 5.32 Å². The highest BCUT2D eigenvalue weighted by Crippen LogP contribution is 2.26. The van der Waals surface area contributed by atoms with E-state index in [1.807, 2.05) is 18.2 Å². The maximum Gasteiger partial charge on any atom is 0.257 e. The number of anilines is 1. The van der Waals surface area contributed by atoms with E-state index in [4.69, 9.17) is 23.2 Å². The summed E-state index contributed by atoms with van der Waals surface area (Å²) in [5, 5.41) is 2.86. The van der Waals surface area contributed by atoms with Crippen molar-refractivity contribution < 1.29 is 4.79 Å². The molecule has 110 valence electrons. The van der Waals surface area contributed by atoms with Gasteiger partial charge in [-0.15, -0.1) is 0 Å². The lowest BCUT2D eigenvalue weighted by Gasteiger charge is -2.22. The van der Waals surface area contributed by atoms with Gasteiger partial charge >= 0.3 is 0 Å². The Hall–Kier alpha value is -1.65. The van der Waals surface area contributed by atoms with Crippen LogP contribution in [0.4, 0.5) is 5.82 Å². The minimum absolute atomic E-state index is 0.0121. The van der Waals surface area contributed by atoms with Crippen LogP contribution >= 0.6 is 23.2 Å². The SMILES string of the molecule is CC(C)(C)c1ccccc1C(=O)Nc1cc(Cl)nc(Cl)n1. The predicted molar refractivity (Wildman–Crippen MR) is 85.1 cm³/mol. The highest BCUT2D eigenvalue weighted by atomic mass is 35.5. The standard InChI is InChI=1S/C15H15Cl2N3O/c1-15(2,3)10-7-5-4-6-9(10)13(21)19-12-8-11(16)18-14(17)20-12/h4-8H,1-3H3,(H,18,19,20,21). The molecule has 21 heavy (non-hydrogen) atoms. The molecule has 0 aliphatic heterocycles. The lowest BCUT2D eigenvalue weighted by Crippen LogP contribution is -2.21. The average Bonchev–Trinajstić information content (AvgIpc) is 2.36. The van der Waals surface area contributed by atoms with E-state index >= 15 is 0 Å². The monoisotopic (exact) mass is 323 g/mol.